The zero-order valence-corrected chi connectivity index (χ0v) is 22.4. The number of piperidine rings is 1. The van der Waals surface area contributed by atoms with Gasteiger partial charge in [-0.3, -0.25) is 9.30 Å². The molecule has 1 spiro atoms. The predicted molar refractivity (Wildman–Crippen MR) is 154 cm³/mol. The van der Waals surface area contributed by atoms with Crippen LogP contribution in [0.5, 0.6) is 0 Å². The molecule has 0 unspecified atom stereocenters. The Morgan fingerprint density at radius 3 is 2.16 bits per heavy atom. The Balaban J connectivity index is 1.57. The molecule has 38 heavy (non-hydrogen) atoms. The van der Waals surface area contributed by atoms with Gasteiger partial charge in [0.15, 0.2) is 0 Å². The fraction of sp³-hybridized carbons (Fsp3) is 0.182. The highest BCUT2D eigenvalue weighted by Crippen LogP contribution is 2.57. The average Bonchev–Trinajstić information content (AvgIpc) is 3.23. The van der Waals surface area contributed by atoms with Crippen LogP contribution in [0, 0.1) is 13.8 Å². The Hall–Kier alpha value is -3.96. The van der Waals surface area contributed by atoms with Crippen LogP contribution in [0.25, 0.3) is 0 Å². The summed E-state index contributed by atoms with van der Waals surface area (Å²) in [6, 6.07) is 34.0. The predicted octanol–water partition coefficient (Wildman–Crippen LogP) is 7.07. The molecule has 2 atom stereocenters. The third-order valence-electron chi connectivity index (χ3n) is 7.92. The van der Waals surface area contributed by atoms with Gasteiger partial charge in [-0.15, -0.1) is 0 Å². The van der Waals surface area contributed by atoms with Crippen LogP contribution in [0.2, 0.25) is 0 Å². The van der Waals surface area contributed by atoms with E-state index in [4.69, 9.17) is 4.99 Å². The van der Waals surface area contributed by atoms with E-state index in [1.54, 1.807) is 12.1 Å². The second-order valence-corrected chi connectivity index (χ2v) is 12.2. The van der Waals surface area contributed by atoms with E-state index in [9.17, 15) is 8.42 Å². The van der Waals surface area contributed by atoms with Gasteiger partial charge in [-0.05, 0) is 48.7 Å². The van der Waals surface area contributed by atoms with Gasteiger partial charge in [-0.2, -0.15) is 0 Å². The minimum absolute atomic E-state index is 0.170. The maximum absolute atomic E-state index is 14.0. The molecule has 4 nitrogen and oxygen atoms in total. The lowest BCUT2D eigenvalue weighted by Gasteiger charge is -2.48. The second-order valence-electron chi connectivity index (χ2n) is 10.4. The van der Waals surface area contributed by atoms with E-state index < -0.39 is 15.4 Å². The highest BCUT2D eigenvalue weighted by Gasteiger charge is 2.55. The standard InChI is InChI=1S/C33H30N2O2S/c1-23-14-17-28(18-15-23)38(36,37)35-22-30(26-10-6-4-7-11-26)33(21-25(35)3)29-20-24(2)16-19-31(29)34-32(33)27-12-8-5-9-13-27/h4-20,30H,3,21-22H2,1-2H3/t30-,33-/m1/s1. The van der Waals surface area contributed by atoms with Gasteiger partial charge < -0.3 is 0 Å². The first-order valence-electron chi connectivity index (χ1n) is 12.9. The number of sulfonamides is 1. The minimum Gasteiger partial charge on any atom is -0.270 e. The number of hydrogen-bond donors (Lipinski definition) is 0. The molecular formula is C33H30N2O2S. The molecule has 6 rings (SSSR count). The maximum atomic E-state index is 14.0. The monoisotopic (exact) mass is 518 g/mol. The number of nitrogens with zero attached hydrogens (tertiary/aromatic N) is 2. The topological polar surface area (TPSA) is 49.7 Å². The molecule has 0 radical (unpaired) electrons. The highest BCUT2D eigenvalue weighted by molar-refractivity contribution is 7.89. The molecule has 1 saturated heterocycles. The fourth-order valence-electron chi connectivity index (χ4n) is 6.07. The lowest BCUT2D eigenvalue weighted by molar-refractivity contribution is 0.303. The second kappa shape index (κ2) is 9.10. The van der Waals surface area contributed by atoms with Gasteiger partial charge in [0, 0.05) is 24.6 Å². The van der Waals surface area contributed by atoms with E-state index in [-0.39, 0.29) is 17.4 Å². The van der Waals surface area contributed by atoms with Crippen LogP contribution in [-0.4, -0.2) is 25.0 Å². The van der Waals surface area contributed by atoms with Crippen molar-refractivity contribution in [2.24, 2.45) is 4.99 Å². The third-order valence-corrected chi connectivity index (χ3v) is 9.78. The lowest BCUT2D eigenvalue weighted by Crippen LogP contribution is -2.52. The van der Waals surface area contributed by atoms with Gasteiger partial charge in [0.25, 0.3) is 10.0 Å². The number of hydrogen-bond acceptors (Lipinski definition) is 3. The average molecular weight is 519 g/mol. The third kappa shape index (κ3) is 3.81. The number of aryl methyl sites for hydroxylation is 2. The largest absolute Gasteiger partial charge is 0.270 e. The van der Waals surface area contributed by atoms with E-state index in [1.165, 1.54) is 4.31 Å². The summed E-state index contributed by atoms with van der Waals surface area (Å²) in [5, 5.41) is 0. The molecule has 2 heterocycles. The summed E-state index contributed by atoms with van der Waals surface area (Å²) in [5.74, 6) is -0.170. The Morgan fingerprint density at radius 2 is 1.47 bits per heavy atom. The first-order valence-corrected chi connectivity index (χ1v) is 14.3. The van der Waals surface area contributed by atoms with Crippen LogP contribution in [-0.2, 0) is 15.4 Å². The number of rotatable bonds is 4. The molecule has 0 aliphatic carbocycles. The first kappa shape index (κ1) is 24.4. The van der Waals surface area contributed by atoms with Crippen molar-refractivity contribution in [2.45, 2.75) is 36.5 Å². The van der Waals surface area contributed by atoms with Gasteiger partial charge in [-0.25, -0.2) is 8.42 Å². The molecule has 4 aromatic carbocycles. The molecule has 0 amide bonds. The van der Waals surface area contributed by atoms with Crippen LogP contribution < -0.4 is 0 Å². The van der Waals surface area contributed by atoms with E-state index >= 15 is 0 Å². The van der Waals surface area contributed by atoms with Crippen molar-refractivity contribution in [3.05, 3.63) is 143 Å². The summed E-state index contributed by atoms with van der Waals surface area (Å²) in [6.07, 6.45) is 0.446. The fourth-order valence-corrected chi connectivity index (χ4v) is 7.55. The van der Waals surface area contributed by atoms with Gasteiger partial charge >= 0.3 is 0 Å². The summed E-state index contributed by atoms with van der Waals surface area (Å²) in [6.45, 7) is 8.69. The smallest absolute Gasteiger partial charge is 0.264 e. The molecule has 4 aromatic rings. The van der Waals surface area contributed by atoms with Gasteiger partial charge in [0.05, 0.1) is 21.7 Å². The molecule has 0 saturated carbocycles. The zero-order chi connectivity index (χ0) is 26.5. The van der Waals surface area contributed by atoms with Crippen molar-refractivity contribution in [3.63, 3.8) is 0 Å². The quantitative estimate of drug-likeness (QED) is 0.290. The molecule has 0 aromatic heterocycles. The Labute approximate surface area is 225 Å². The van der Waals surface area contributed by atoms with Crippen LogP contribution in [0.15, 0.2) is 125 Å². The summed E-state index contributed by atoms with van der Waals surface area (Å²) in [4.78, 5) is 5.50. The Kier molecular flexibility index (Phi) is 5.84. The molecule has 0 N–H and O–H groups in total. The molecule has 5 heteroatoms. The number of aliphatic imine (C=N–C) groups is 1. The van der Waals surface area contributed by atoms with E-state index in [2.05, 4.69) is 56.0 Å². The van der Waals surface area contributed by atoms with Crippen molar-refractivity contribution >= 4 is 21.4 Å². The zero-order valence-electron chi connectivity index (χ0n) is 21.6. The van der Waals surface area contributed by atoms with E-state index in [0.29, 0.717) is 12.1 Å². The molecule has 190 valence electrons. The number of allylic oxidation sites excluding steroid dienone is 1. The summed E-state index contributed by atoms with van der Waals surface area (Å²) >= 11 is 0. The summed E-state index contributed by atoms with van der Waals surface area (Å²) in [7, 11) is -3.79. The van der Waals surface area contributed by atoms with Crippen molar-refractivity contribution in [2.75, 3.05) is 6.54 Å². The van der Waals surface area contributed by atoms with Crippen LogP contribution >= 0.6 is 0 Å². The van der Waals surface area contributed by atoms with Crippen molar-refractivity contribution in [1.29, 1.82) is 0 Å². The SMILES string of the molecule is C=C1C[C@]2(C(c3ccccc3)=Nc3ccc(C)cc32)[C@@H](c2ccccc2)CN1S(=O)(=O)c1ccc(C)cc1. The Morgan fingerprint density at radius 1 is 0.842 bits per heavy atom. The van der Waals surface area contributed by atoms with Crippen molar-refractivity contribution in [3.8, 4) is 0 Å². The first-order chi connectivity index (χ1) is 18.3. The Bertz CT molecular complexity index is 1660. The molecular weight excluding hydrogens is 488 g/mol. The minimum atomic E-state index is -3.79. The molecule has 1 fully saturated rings. The van der Waals surface area contributed by atoms with E-state index in [0.717, 1.165) is 39.2 Å². The molecule has 0 bridgehead atoms. The van der Waals surface area contributed by atoms with Gasteiger partial charge in [0.2, 0.25) is 0 Å². The van der Waals surface area contributed by atoms with Crippen LogP contribution in [0.4, 0.5) is 5.69 Å². The summed E-state index contributed by atoms with van der Waals surface area (Å²) in [5.41, 5.74) is 7.38. The molecule has 2 aliphatic rings. The summed E-state index contributed by atoms with van der Waals surface area (Å²) < 4.78 is 29.5. The maximum Gasteiger partial charge on any atom is 0.264 e. The number of fused-ring (bicyclic) bond motifs is 2. The normalized spacial score (nSPS) is 20.9. The van der Waals surface area contributed by atoms with Crippen molar-refractivity contribution in [1.82, 2.24) is 4.31 Å². The highest BCUT2D eigenvalue weighted by atomic mass is 32.2. The lowest BCUT2D eigenvalue weighted by atomic mass is 9.60. The van der Waals surface area contributed by atoms with Gasteiger partial charge in [0.1, 0.15) is 0 Å². The van der Waals surface area contributed by atoms with E-state index in [1.807, 2.05) is 55.5 Å². The van der Waals surface area contributed by atoms with Gasteiger partial charge in [-0.1, -0.05) is 103 Å². The molecule has 2 aliphatic heterocycles. The van der Waals surface area contributed by atoms with Crippen LogP contribution in [0.1, 0.15) is 40.2 Å². The van der Waals surface area contributed by atoms with Crippen LogP contribution in [0.3, 0.4) is 0 Å². The number of benzene rings is 4. The van der Waals surface area contributed by atoms with Crippen molar-refractivity contribution < 1.29 is 8.42 Å².